The van der Waals surface area contributed by atoms with Gasteiger partial charge in [-0.25, -0.2) is 13.8 Å². The summed E-state index contributed by atoms with van der Waals surface area (Å²) in [5.41, 5.74) is 8.20. The van der Waals surface area contributed by atoms with Gasteiger partial charge in [0.25, 0.3) is 5.91 Å². The van der Waals surface area contributed by atoms with Gasteiger partial charge in [-0.3, -0.25) is 9.48 Å². The number of nitrogens with two attached hydrogens (primary N) is 1. The molecule has 4 aromatic rings. The smallest absolute Gasteiger partial charge is 0.275 e. The van der Waals surface area contributed by atoms with Crippen LogP contribution in [0, 0.1) is 5.82 Å². The van der Waals surface area contributed by atoms with Crippen molar-refractivity contribution in [3.05, 3.63) is 53.2 Å². The first-order valence-corrected chi connectivity index (χ1v) is 11.4. The number of rotatable bonds is 4. The van der Waals surface area contributed by atoms with Gasteiger partial charge in [-0.15, -0.1) is 11.3 Å². The van der Waals surface area contributed by atoms with Crippen molar-refractivity contribution in [2.75, 3.05) is 11.9 Å². The van der Waals surface area contributed by atoms with Crippen molar-refractivity contribution in [3.63, 3.8) is 0 Å². The van der Waals surface area contributed by atoms with E-state index in [0.29, 0.717) is 40.2 Å². The molecule has 33 heavy (non-hydrogen) atoms. The van der Waals surface area contributed by atoms with Crippen molar-refractivity contribution >= 4 is 33.8 Å². The van der Waals surface area contributed by atoms with Gasteiger partial charge in [0, 0.05) is 35.6 Å². The summed E-state index contributed by atoms with van der Waals surface area (Å²) in [5.74, 6) is -0.866. The van der Waals surface area contributed by atoms with Crippen LogP contribution in [0.4, 0.5) is 14.5 Å². The second-order valence-electron chi connectivity index (χ2n) is 8.00. The van der Waals surface area contributed by atoms with Crippen LogP contribution in [0.2, 0.25) is 0 Å². The summed E-state index contributed by atoms with van der Waals surface area (Å²) in [5, 5.41) is 9.73. The van der Waals surface area contributed by atoms with E-state index in [4.69, 9.17) is 10.5 Å². The number of hydrogen-bond acceptors (Lipinski definition) is 6. The molecule has 11 heteroatoms. The third-order valence-corrected chi connectivity index (χ3v) is 6.72. The first-order valence-electron chi connectivity index (χ1n) is 10.5. The van der Waals surface area contributed by atoms with Crippen molar-refractivity contribution in [1.82, 2.24) is 19.7 Å². The number of carbonyl (C=O) groups excluding carboxylic acids is 1. The molecule has 1 saturated heterocycles. The number of aromatic nitrogens is 4. The van der Waals surface area contributed by atoms with Gasteiger partial charge >= 0.3 is 0 Å². The molecular weight excluding hydrogens is 450 g/mol. The van der Waals surface area contributed by atoms with E-state index in [0.717, 1.165) is 5.52 Å². The molecule has 0 bridgehead atoms. The summed E-state index contributed by atoms with van der Waals surface area (Å²) in [4.78, 5) is 20.4. The molecule has 0 spiro atoms. The lowest BCUT2D eigenvalue weighted by Crippen LogP contribution is -2.32. The van der Waals surface area contributed by atoms with E-state index in [-0.39, 0.29) is 12.3 Å². The lowest BCUT2D eigenvalue weighted by atomic mass is 10.0. The lowest BCUT2D eigenvalue weighted by molar-refractivity contribution is 0.0247. The van der Waals surface area contributed by atoms with E-state index in [2.05, 4.69) is 20.4 Å². The fourth-order valence-corrected chi connectivity index (χ4v) is 4.94. The zero-order valence-electron chi connectivity index (χ0n) is 17.7. The van der Waals surface area contributed by atoms with Crippen molar-refractivity contribution in [2.24, 2.45) is 12.8 Å². The Hall–Kier alpha value is -3.15. The first-order chi connectivity index (χ1) is 15.9. The number of carbonyl (C=O) groups is 1. The van der Waals surface area contributed by atoms with Crippen molar-refractivity contribution in [3.8, 4) is 10.6 Å². The normalized spacial score (nSPS) is 21.3. The number of nitrogens with zero attached hydrogens (tertiary/aromatic N) is 3. The highest BCUT2D eigenvalue weighted by atomic mass is 32.1. The van der Waals surface area contributed by atoms with Crippen LogP contribution in [0.1, 0.15) is 35.1 Å². The molecule has 4 N–H and O–H groups in total. The number of aryl methyl sites for hydroxylation is 1. The maximum atomic E-state index is 14.6. The monoisotopic (exact) mass is 472 g/mol. The molecule has 4 heterocycles. The molecule has 5 rings (SSSR count). The molecule has 0 unspecified atom stereocenters. The van der Waals surface area contributed by atoms with Crippen LogP contribution in [0.25, 0.3) is 21.5 Å². The van der Waals surface area contributed by atoms with E-state index in [1.54, 1.807) is 35.4 Å². The summed E-state index contributed by atoms with van der Waals surface area (Å²) in [6, 6.07) is 4.22. The number of thiazole rings is 1. The number of alkyl halides is 1. The first kappa shape index (κ1) is 21.7. The summed E-state index contributed by atoms with van der Waals surface area (Å²) in [6.07, 6.45) is 2.51. The summed E-state index contributed by atoms with van der Waals surface area (Å²) in [7, 11) is 1.73. The molecular formula is C22H22F2N6O2S. The van der Waals surface area contributed by atoms with Crippen LogP contribution < -0.4 is 11.1 Å². The Balaban J connectivity index is 1.39. The van der Waals surface area contributed by atoms with Gasteiger partial charge in [0.2, 0.25) is 0 Å². The van der Waals surface area contributed by atoms with Crippen LogP contribution in [-0.4, -0.2) is 44.5 Å². The number of hydrogen-bond donors (Lipinski definition) is 3. The van der Waals surface area contributed by atoms with E-state index in [9.17, 15) is 13.6 Å². The highest BCUT2D eigenvalue weighted by molar-refractivity contribution is 7.13. The molecule has 172 valence electrons. The number of nitrogens with one attached hydrogen (secondary N) is 2. The number of aromatic amines is 1. The van der Waals surface area contributed by atoms with Crippen LogP contribution in [-0.2, 0) is 11.8 Å². The Morgan fingerprint density at radius 3 is 3.06 bits per heavy atom. The van der Waals surface area contributed by atoms with Gasteiger partial charge in [0.15, 0.2) is 0 Å². The number of benzene rings is 1. The van der Waals surface area contributed by atoms with Crippen LogP contribution in [0.5, 0.6) is 0 Å². The maximum absolute atomic E-state index is 14.6. The highest BCUT2D eigenvalue weighted by Gasteiger charge is 2.30. The van der Waals surface area contributed by atoms with E-state index >= 15 is 0 Å². The zero-order valence-corrected chi connectivity index (χ0v) is 18.5. The predicted octanol–water partition coefficient (Wildman–Crippen LogP) is 3.93. The molecule has 0 saturated carbocycles. The van der Waals surface area contributed by atoms with E-state index in [1.807, 2.05) is 0 Å². The standard InChI is InChI=1S/C22H22F2N6O2S/c1-30-20(18-5-3-14(25)13(24)9-32-18)16(8-27-30)28-21(31)17-10-33-22(29-17)19-11-6-7-26-15(11)4-2-12(19)23/h2,4,6-8,10,13-14,18,26H,3,5,9,25H2,1H3,(H,28,31)/t13-,14-,18+/m1/s1. The Morgan fingerprint density at radius 2 is 2.21 bits per heavy atom. The fraction of sp³-hybridized carbons (Fsp3) is 0.318. The number of halogens is 2. The SMILES string of the molecule is Cn1ncc(NC(=O)c2csc(-c3c(F)ccc4[nH]ccc34)n2)c1[C@@H]1CC[C@@H](N)[C@H](F)CO1. The molecule has 3 atom stereocenters. The maximum Gasteiger partial charge on any atom is 0.275 e. The van der Waals surface area contributed by atoms with Crippen molar-refractivity contribution in [2.45, 2.75) is 31.2 Å². The molecule has 1 amide bonds. The average molecular weight is 473 g/mol. The molecule has 0 radical (unpaired) electrons. The number of ether oxygens (including phenoxy) is 1. The molecule has 8 nitrogen and oxygen atoms in total. The van der Waals surface area contributed by atoms with Gasteiger partial charge in [0.1, 0.15) is 28.8 Å². The van der Waals surface area contributed by atoms with Crippen molar-refractivity contribution in [1.29, 1.82) is 0 Å². The topological polar surface area (TPSA) is 111 Å². The molecule has 1 aromatic carbocycles. The highest BCUT2D eigenvalue weighted by Crippen LogP contribution is 2.35. The summed E-state index contributed by atoms with van der Waals surface area (Å²) >= 11 is 1.19. The largest absolute Gasteiger partial charge is 0.369 e. The number of H-pyrrole nitrogens is 1. The minimum Gasteiger partial charge on any atom is -0.369 e. The second-order valence-corrected chi connectivity index (χ2v) is 8.86. The van der Waals surface area contributed by atoms with E-state index < -0.39 is 30.0 Å². The predicted molar refractivity (Wildman–Crippen MR) is 121 cm³/mol. The number of anilines is 1. The Kier molecular flexibility index (Phi) is 5.69. The third-order valence-electron chi connectivity index (χ3n) is 5.86. The number of amides is 1. The average Bonchev–Trinajstić information content (AvgIpc) is 3.52. The minimum atomic E-state index is -1.24. The van der Waals surface area contributed by atoms with Crippen molar-refractivity contribution < 1.29 is 18.3 Å². The van der Waals surface area contributed by atoms with Gasteiger partial charge in [0.05, 0.1) is 29.7 Å². The Morgan fingerprint density at radius 1 is 1.36 bits per heavy atom. The Bertz CT molecular complexity index is 1300. The van der Waals surface area contributed by atoms with Gasteiger partial charge in [-0.1, -0.05) is 0 Å². The number of fused-ring (bicyclic) bond motifs is 1. The molecule has 1 fully saturated rings. The third kappa shape index (κ3) is 4.03. The molecule has 0 aliphatic carbocycles. The second kappa shape index (κ2) is 8.65. The summed E-state index contributed by atoms with van der Waals surface area (Å²) < 4.78 is 35.9. The van der Waals surface area contributed by atoms with Crippen LogP contribution in [0.3, 0.4) is 0 Å². The van der Waals surface area contributed by atoms with Gasteiger partial charge in [-0.2, -0.15) is 5.10 Å². The molecule has 1 aliphatic heterocycles. The van der Waals surface area contributed by atoms with Gasteiger partial charge < -0.3 is 20.8 Å². The molecule has 3 aromatic heterocycles. The fourth-order valence-electron chi connectivity index (χ4n) is 4.08. The molecule has 1 aliphatic rings. The minimum absolute atomic E-state index is 0.115. The van der Waals surface area contributed by atoms with Crippen LogP contribution >= 0.6 is 11.3 Å². The lowest BCUT2D eigenvalue weighted by Gasteiger charge is -2.17. The van der Waals surface area contributed by atoms with Gasteiger partial charge in [-0.05, 0) is 31.0 Å². The van der Waals surface area contributed by atoms with Crippen LogP contribution in [0.15, 0.2) is 36.0 Å². The van der Waals surface area contributed by atoms with E-state index in [1.165, 1.54) is 23.6 Å². The quantitative estimate of drug-likeness (QED) is 0.417. The summed E-state index contributed by atoms with van der Waals surface area (Å²) in [6.45, 7) is -0.115. The zero-order chi connectivity index (χ0) is 23.1. The Labute approximate surface area is 191 Å².